The summed E-state index contributed by atoms with van der Waals surface area (Å²) in [5.41, 5.74) is 2.04. The minimum absolute atomic E-state index is 0.0630. The SMILES string of the molecule is COc1cc(C2(C(=O)Nc3ccc(C)c(B4OC(C)(C)C(C)(C)O4)c3)CC2)ccc1O. The highest BCUT2D eigenvalue weighted by atomic mass is 16.7. The van der Waals surface area contributed by atoms with Gasteiger partial charge in [-0.2, -0.15) is 0 Å². The van der Waals surface area contributed by atoms with E-state index in [1.54, 1.807) is 18.2 Å². The van der Waals surface area contributed by atoms with E-state index < -0.39 is 23.7 Å². The number of hydrogen-bond acceptors (Lipinski definition) is 5. The Morgan fingerprint density at radius 3 is 2.29 bits per heavy atom. The van der Waals surface area contributed by atoms with Crippen molar-refractivity contribution in [3.8, 4) is 11.5 Å². The van der Waals surface area contributed by atoms with Gasteiger partial charge < -0.3 is 24.5 Å². The molecular formula is C24H30BNO5. The average molecular weight is 423 g/mol. The molecule has 1 aliphatic heterocycles. The molecule has 0 bridgehead atoms. The minimum Gasteiger partial charge on any atom is -0.504 e. The van der Waals surface area contributed by atoms with Crippen LogP contribution in [0.3, 0.4) is 0 Å². The second-order valence-corrected chi connectivity index (χ2v) is 9.58. The Morgan fingerprint density at radius 2 is 1.71 bits per heavy atom. The Kier molecular flexibility index (Phi) is 5.10. The fourth-order valence-electron chi connectivity index (χ4n) is 3.94. The summed E-state index contributed by atoms with van der Waals surface area (Å²) < 4.78 is 17.6. The van der Waals surface area contributed by atoms with E-state index in [-0.39, 0.29) is 11.7 Å². The van der Waals surface area contributed by atoms with E-state index >= 15 is 0 Å². The zero-order valence-corrected chi connectivity index (χ0v) is 19.0. The standard InChI is InChI=1S/C24H30BNO5/c1-15-7-9-17(14-18(15)25-30-22(2,3)23(4,5)31-25)26-21(28)24(11-12-24)16-8-10-19(27)20(13-16)29-6/h7-10,13-14,27H,11-12H2,1-6H3,(H,26,28). The van der Waals surface area contributed by atoms with Gasteiger partial charge in [-0.1, -0.05) is 17.7 Å². The molecule has 1 amide bonds. The highest BCUT2D eigenvalue weighted by molar-refractivity contribution is 6.62. The van der Waals surface area contributed by atoms with Gasteiger partial charge in [0.05, 0.1) is 23.7 Å². The molecule has 4 rings (SSSR count). The molecule has 0 unspecified atom stereocenters. The summed E-state index contributed by atoms with van der Waals surface area (Å²) in [6, 6.07) is 10.9. The van der Waals surface area contributed by atoms with Crippen LogP contribution in [-0.2, 0) is 19.5 Å². The summed E-state index contributed by atoms with van der Waals surface area (Å²) in [6.07, 6.45) is 1.51. The van der Waals surface area contributed by atoms with Crippen molar-refractivity contribution in [2.75, 3.05) is 12.4 Å². The van der Waals surface area contributed by atoms with Gasteiger partial charge >= 0.3 is 7.12 Å². The molecule has 1 saturated carbocycles. The van der Waals surface area contributed by atoms with Crippen LogP contribution in [0.1, 0.15) is 51.7 Å². The number of ether oxygens (including phenoxy) is 1. The third-order valence-corrected chi connectivity index (χ3v) is 6.96. The van der Waals surface area contributed by atoms with Crippen molar-refractivity contribution in [2.45, 2.75) is 64.1 Å². The van der Waals surface area contributed by atoms with Crippen molar-refractivity contribution < 1.29 is 23.9 Å². The van der Waals surface area contributed by atoms with Gasteiger partial charge in [0.25, 0.3) is 0 Å². The van der Waals surface area contributed by atoms with Gasteiger partial charge in [-0.05, 0) is 82.8 Å². The number of phenolic OH excluding ortho intramolecular Hbond substituents is 1. The number of benzene rings is 2. The second-order valence-electron chi connectivity index (χ2n) is 9.58. The van der Waals surface area contributed by atoms with Crippen molar-refractivity contribution in [1.82, 2.24) is 0 Å². The van der Waals surface area contributed by atoms with E-state index in [2.05, 4.69) is 5.32 Å². The molecule has 2 aromatic rings. The number of carbonyl (C=O) groups is 1. The zero-order chi connectivity index (χ0) is 22.6. The van der Waals surface area contributed by atoms with Crippen LogP contribution in [0.15, 0.2) is 36.4 Å². The molecule has 2 aliphatic rings. The number of nitrogens with one attached hydrogen (secondary N) is 1. The monoisotopic (exact) mass is 423 g/mol. The molecule has 0 atom stereocenters. The van der Waals surface area contributed by atoms with Gasteiger partial charge in [0.15, 0.2) is 11.5 Å². The molecule has 7 heteroatoms. The average Bonchev–Trinajstić information content (AvgIpc) is 3.47. The summed E-state index contributed by atoms with van der Waals surface area (Å²) in [4.78, 5) is 13.2. The molecule has 1 heterocycles. The van der Waals surface area contributed by atoms with Crippen molar-refractivity contribution >= 4 is 24.2 Å². The van der Waals surface area contributed by atoms with Gasteiger partial charge in [-0.15, -0.1) is 0 Å². The number of rotatable bonds is 5. The molecule has 2 N–H and O–H groups in total. The number of aryl methyl sites for hydroxylation is 1. The van der Waals surface area contributed by atoms with Gasteiger partial charge in [-0.25, -0.2) is 0 Å². The Balaban J connectivity index is 1.57. The van der Waals surface area contributed by atoms with E-state index in [1.165, 1.54) is 7.11 Å². The molecule has 0 radical (unpaired) electrons. The first-order valence-corrected chi connectivity index (χ1v) is 10.6. The topological polar surface area (TPSA) is 77.0 Å². The minimum atomic E-state index is -0.601. The zero-order valence-electron chi connectivity index (χ0n) is 19.0. The van der Waals surface area contributed by atoms with Crippen LogP contribution in [0.5, 0.6) is 11.5 Å². The first-order chi connectivity index (χ1) is 14.5. The second kappa shape index (κ2) is 7.28. The van der Waals surface area contributed by atoms with Crippen LogP contribution in [-0.4, -0.2) is 36.4 Å². The maximum absolute atomic E-state index is 13.2. The van der Waals surface area contributed by atoms with E-state index in [0.717, 1.165) is 29.4 Å². The largest absolute Gasteiger partial charge is 0.504 e. The number of phenols is 1. The maximum Gasteiger partial charge on any atom is 0.495 e. The summed E-state index contributed by atoms with van der Waals surface area (Å²) in [7, 11) is 1.01. The molecule has 0 aromatic heterocycles. The maximum atomic E-state index is 13.2. The van der Waals surface area contributed by atoms with E-state index in [1.807, 2.05) is 52.8 Å². The first-order valence-electron chi connectivity index (χ1n) is 10.6. The van der Waals surface area contributed by atoms with Crippen molar-refractivity contribution in [2.24, 2.45) is 0 Å². The molecule has 0 spiro atoms. The summed E-state index contributed by atoms with van der Waals surface area (Å²) in [5.74, 6) is 0.368. The van der Waals surface area contributed by atoms with Crippen molar-refractivity contribution in [3.05, 3.63) is 47.5 Å². The smallest absolute Gasteiger partial charge is 0.495 e. The van der Waals surface area contributed by atoms with Gasteiger partial charge in [0.2, 0.25) is 5.91 Å². The van der Waals surface area contributed by atoms with Crippen LogP contribution in [0.25, 0.3) is 0 Å². The number of aromatic hydroxyl groups is 1. The molecule has 164 valence electrons. The molecular weight excluding hydrogens is 393 g/mol. The lowest BCUT2D eigenvalue weighted by atomic mass is 9.76. The molecule has 1 aliphatic carbocycles. The van der Waals surface area contributed by atoms with Crippen molar-refractivity contribution in [3.63, 3.8) is 0 Å². The molecule has 2 aromatic carbocycles. The van der Waals surface area contributed by atoms with Crippen molar-refractivity contribution in [1.29, 1.82) is 0 Å². The lowest BCUT2D eigenvalue weighted by molar-refractivity contribution is -0.118. The number of hydrogen-bond donors (Lipinski definition) is 2. The van der Waals surface area contributed by atoms with Crippen LogP contribution >= 0.6 is 0 Å². The number of methoxy groups -OCH3 is 1. The van der Waals surface area contributed by atoms with Gasteiger partial charge in [0.1, 0.15) is 0 Å². The highest BCUT2D eigenvalue weighted by Crippen LogP contribution is 2.50. The predicted octanol–water partition coefficient (Wildman–Crippen LogP) is 3.68. The molecule has 6 nitrogen and oxygen atoms in total. The fraction of sp³-hybridized carbons (Fsp3) is 0.458. The van der Waals surface area contributed by atoms with Gasteiger partial charge in [0, 0.05) is 5.69 Å². The summed E-state index contributed by atoms with van der Waals surface area (Å²) >= 11 is 0. The quantitative estimate of drug-likeness (QED) is 0.718. The fourth-order valence-corrected chi connectivity index (χ4v) is 3.94. The van der Waals surface area contributed by atoms with Crippen LogP contribution < -0.4 is 15.5 Å². The summed E-state index contributed by atoms with van der Waals surface area (Å²) in [6.45, 7) is 10.1. The van der Waals surface area contributed by atoms with Gasteiger partial charge in [-0.3, -0.25) is 4.79 Å². The molecule has 31 heavy (non-hydrogen) atoms. The predicted molar refractivity (Wildman–Crippen MR) is 121 cm³/mol. The first kappa shape index (κ1) is 21.7. The lowest BCUT2D eigenvalue weighted by Gasteiger charge is -2.32. The molecule has 2 fully saturated rings. The van der Waals surface area contributed by atoms with Crippen LogP contribution in [0.2, 0.25) is 0 Å². The normalized spacial score (nSPS) is 20.4. The number of amides is 1. The Labute approximate surface area is 184 Å². The number of anilines is 1. The highest BCUT2D eigenvalue weighted by Gasteiger charge is 2.53. The molecule has 1 saturated heterocycles. The van der Waals surface area contributed by atoms with E-state index in [4.69, 9.17) is 14.0 Å². The van der Waals surface area contributed by atoms with Crippen LogP contribution in [0.4, 0.5) is 5.69 Å². The Hall–Kier alpha value is -2.51. The Bertz CT molecular complexity index is 1010. The van der Waals surface area contributed by atoms with E-state index in [9.17, 15) is 9.90 Å². The number of carbonyl (C=O) groups excluding carboxylic acids is 1. The Morgan fingerprint density at radius 1 is 1.06 bits per heavy atom. The van der Waals surface area contributed by atoms with E-state index in [0.29, 0.717) is 11.4 Å². The third-order valence-electron chi connectivity index (χ3n) is 6.96. The summed E-state index contributed by atoms with van der Waals surface area (Å²) in [5, 5.41) is 13.0. The third kappa shape index (κ3) is 3.70. The lowest BCUT2D eigenvalue weighted by Crippen LogP contribution is -2.41. The van der Waals surface area contributed by atoms with Crippen LogP contribution in [0, 0.1) is 6.92 Å².